The van der Waals surface area contributed by atoms with Gasteiger partial charge in [-0.05, 0) is 30.2 Å². The number of benzene rings is 1. The molecule has 1 aromatic rings. The Balaban J connectivity index is 0.000000396. The highest BCUT2D eigenvalue weighted by Crippen LogP contribution is 2.28. The van der Waals surface area contributed by atoms with E-state index in [1.165, 1.54) is 5.56 Å². The second-order valence-electron chi connectivity index (χ2n) is 2.72. The van der Waals surface area contributed by atoms with Crippen molar-refractivity contribution in [3.05, 3.63) is 28.2 Å². The van der Waals surface area contributed by atoms with Crippen LogP contribution in [0.5, 0.6) is 0 Å². The predicted molar refractivity (Wildman–Crippen MR) is 62.3 cm³/mol. The Morgan fingerprint density at radius 1 is 1.38 bits per heavy atom. The minimum Gasteiger partial charge on any atom is -0.424 e. The van der Waals surface area contributed by atoms with Crippen LogP contribution in [0.4, 0.5) is 5.69 Å². The van der Waals surface area contributed by atoms with Crippen LogP contribution in [0.25, 0.3) is 0 Å². The Kier molecular flexibility index (Phi) is 3.85. The summed E-state index contributed by atoms with van der Waals surface area (Å²) >= 11 is 3.43. The third-order valence-electron chi connectivity index (χ3n) is 1.97. The zero-order chi connectivity index (χ0) is 9.84. The summed E-state index contributed by atoms with van der Waals surface area (Å²) in [5, 5.41) is 0. The van der Waals surface area contributed by atoms with Gasteiger partial charge < -0.3 is 4.81 Å². The molecule has 0 fully saturated rings. The van der Waals surface area contributed by atoms with E-state index in [0.717, 1.165) is 23.1 Å². The van der Waals surface area contributed by atoms with E-state index in [0.29, 0.717) is 0 Å². The first-order valence-electron chi connectivity index (χ1n) is 4.58. The number of hydrogen-bond donors (Lipinski definition) is 0. The standard InChI is InChI=1S/C8H7BBrN.C2H6/c9-11-4-3-6-5-7(10)1-2-8(6)11;1-2/h1-2,5H,3-4H2;1-2H3. The quantitative estimate of drug-likeness (QED) is 0.628. The number of rotatable bonds is 0. The van der Waals surface area contributed by atoms with E-state index >= 15 is 0 Å². The van der Waals surface area contributed by atoms with Gasteiger partial charge in [0.25, 0.3) is 0 Å². The molecule has 0 saturated carbocycles. The molecular formula is C10H13BBrN. The molecule has 3 heteroatoms. The van der Waals surface area contributed by atoms with Crippen molar-refractivity contribution in [3.63, 3.8) is 0 Å². The first-order valence-corrected chi connectivity index (χ1v) is 5.37. The second kappa shape index (κ2) is 4.70. The molecule has 0 bridgehead atoms. The molecule has 13 heavy (non-hydrogen) atoms. The van der Waals surface area contributed by atoms with Crippen molar-refractivity contribution in [3.8, 4) is 0 Å². The fraction of sp³-hybridized carbons (Fsp3) is 0.400. The zero-order valence-electron chi connectivity index (χ0n) is 8.05. The van der Waals surface area contributed by atoms with E-state index in [1.807, 2.05) is 26.0 Å². The maximum Gasteiger partial charge on any atom is 0.226 e. The number of fused-ring (bicyclic) bond motifs is 1. The van der Waals surface area contributed by atoms with Gasteiger partial charge in [-0.3, -0.25) is 0 Å². The molecular weight excluding hydrogens is 225 g/mol. The van der Waals surface area contributed by atoms with Gasteiger partial charge in [0.1, 0.15) is 0 Å². The molecule has 1 aliphatic heterocycles. The Hall–Kier alpha value is -0.435. The summed E-state index contributed by atoms with van der Waals surface area (Å²) in [7, 11) is 5.71. The van der Waals surface area contributed by atoms with E-state index in [9.17, 15) is 0 Å². The summed E-state index contributed by atoms with van der Waals surface area (Å²) in [5.41, 5.74) is 2.50. The SMILES string of the molecule is CC.[B]N1CCc2cc(Br)ccc21. The van der Waals surface area contributed by atoms with Gasteiger partial charge in [0.05, 0.1) is 0 Å². The summed E-state index contributed by atoms with van der Waals surface area (Å²) in [6, 6.07) is 6.19. The van der Waals surface area contributed by atoms with E-state index in [4.69, 9.17) is 7.98 Å². The van der Waals surface area contributed by atoms with Crippen LogP contribution in [0.2, 0.25) is 0 Å². The molecule has 68 valence electrons. The molecule has 1 nitrogen and oxygen atoms in total. The van der Waals surface area contributed by atoms with Crippen LogP contribution in [0, 0.1) is 0 Å². The van der Waals surface area contributed by atoms with Crippen molar-refractivity contribution in [2.75, 3.05) is 11.4 Å². The summed E-state index contributed by atoms with van der Waals surface area (Å²) < 4.78 is 1.13. The van der Waals surface area contributed by atoms with Gasteiger partial charge in [-0.25, -0.2) is 0 Å². The van der Waals surface area contributed by atoms with Crippen LogP contribution in [0.15, 0.2) is 22.7 Å². The van der Waals surface area contributed by atoms with Gasteiger partial charge in [-0.15, -0.1) is 0 Å². The minimum atomic E-state index is 0.936. The number of anilines is 1. The van der Waals surface area contributed by atoms with Gasteiger partial charge in [-0.2, -0.15) is 0 Å². The fourth-order valence-electron chi connectivity index (χ4n) is 1.40. The maximum absolute atomic E-state index is 5.71. The lowest BCUT2D eigenvalue weighted by atomic mass is 10.2. The third kappa shape index (κ3) is 2.28. The van der Waals surface area contributed by atoms with Crippen LogP contribution in [0.1, 0.15) is 19.4 Å². The largest absolute Gasteiger partial charge is 0.424 e. The minimum absolute atomic E-state index is 0.936. The molecule has 1 aromatic carbocycles. The van der Waals surface area contributed by atoms with Gasteiger partial charge in [0.2, 0.25) is 7.98 Å². The second-order valence-corrected chi connectivity index (χ2v) is 3.63. The summed E-state index contributed by atoms with van der Waals surface area (Å²) in [6.45, 7) is 4.94. The van der Waals surface area contributed by atoms with Crippen molar-refractivity contribution >= 4 is 29.6 Å². The molecule has 1 aliphatic rings. The molecule has 0 atom stereocenters. The zero-order valence-corrected chi connectivity index (χ0v) is 9.63. The molecule has 0 N–H and O–H groups in total. The average molecular weight is 238 g/mol. The normalized spacial score (nSPS) is 13.3. The van der Waals surface area contributed by atoms with E-state index in [-0.39, 0.29) is 0 Å². The van der Waals surface area contributed by atoms with E-state index < -0.39 is 0 Å². The highest BCUT2D eigenvalue weighted by Gasteiger charge is 2.13. The van der Waals surface area contributed by atoms with Crippen LogP contribution in [-0.2, 0) is 6.42 Å². The maximum atomic E-state index is 5.71. The molecule has 0 spiro atoms. The van der Waals surface area contributed by atoms with Crippen molar-refractivity contribution in [1.29, 1.82) is 0 Å². The van der Waals surface area contributed by atoms with E-state index in [2.05, 4.69) is 22.0 Å². The molecule has 0 unspecified atom stereocenters. The number of halogens is 1. The summed E-state index contributed by atoms with van der Waals surface area (Å²) in [5.74, 6) is 0. The highest BCUT2D eigenvalue weighted by atomic mass is 79.9. The van der Waals surface area contributed by atoms with Gasteiger partial charge >= 0.3 is 0 Å². The van der Waals surface area contributed by atoms with Gasteiger partial charge in [0, 0.05) is 16.7 Å². The Morgan fingerprint density at radius 2 is 2.08 bits per heavy atom. The van der Waals surface area contributed by atoms with Crippen LogP contribution in [-0.4, -0.2) is 14.5 Å². The van der Waals surface area contributed by atoms with Crippen molar-refractivity contribution in [1.82, 2.24) is 0 Å². The predicted octanol–water partition coefficient (Wildman–Crippen LogP) is 2.92. The lowest BCUT2D eigenvalue weighted by Gasteiger charge is -2.11. The molecule has 2 radical (unpaired) electrons. The third-order valence-corrected chi connectivity index (χ3v) is 2.47. The van der Waals surface area contributed by atoms with Gasteiger partial charge in [-0.1, -0.05) is 29.8 Å². The average Bonchev–Trinajstić information content (AvgIpc) is 2.51. The van der Waals surface area contributed by atoms with Crippen LogP contribution in [0.3, 0.4) is 0 Å². The fourth-order valence-corrected chi connectivity index (χ4v) is 1.80. The Bertz CT molecular complexity index is 288. The number of hydrogen-bond acceptors (Lipinski definition) is 1. The first-order chi connectivity index (χ1) is 6.27. The molecule has 0 saturated heterocycles. The monoisotopic (exact) mass is 237 g/mol. The lowest BCUT2D eigenvalue weighted by molar-refractivity contribution is 1.05. The topological polar surface area (TPSA) is 3.24 Å². The molecule has 0 aromatic heterocycles. The first kappa shape index (κ1) is 10.6. The Morgan fingerprint density at radius 3 is 2.77 bits per heavy atom. The molecule has 0 amide bonds. The molecule has 1 heterocycles. The molecule has 0 aliphatic carbocycles. The van der Waals surface area contributed by atoms with Crippen molar-refractivity contribution in [2.24, 2.45) is 0 Å². The summed E-state index contributed by atoms with van der Waals surface area (Å²) in [6.07, 6.45) is 1.06. The van der Waals surface area contributed by atoms with Crippen molar-refractivity contribution in [2.45, 2.75) is 20.3 Å². The lowest BCUT2D eigenvalue weighted by Crippen LogP contribution is -2.14. The number of nitrogens with zero attached hydrogens (tertiary/aromatic N) is 1. The molecule has 2 rings (SSSR count). The smallest absolute Gasteiger partial charge is 0.226 e. The van der Waals surface area contributed by atoms with Crippen LogP contribution < -0.4 is 4.81 Å². The highest BCUT2D eigenvalue weighted by molar-refractivity contribution is 9.10. The summed E-state index contributed by atoms with van der Waals surface area (Å²) in [4.78, 5) is 1.79. The Labute approximate surface area is 89.7 Å². The van der Waals surface area contributed by atoms with E-state index in [1.54, 1.807) is 4.81 Å². The van der Waals surface area contributed by atoms with Gasteiger partial charge in [0.15, 0.2) is 0 Å². The van der Waals surface area contributed by atoms with Crippen LogP contribution >= 0.6 is 15.9 Å². The van der Waals surface area contributed by atoms with Crippen molar-refractivity contribution < 1.29 is 0 Å².